The molecule has 1 aliphatic heterocycles. The zero-order valence-corrected chi connectivity index (χ0v) is 17.1. The molecule has 4 rings (SSSR count). The molecule has 8 heteroatoms. The number of benzene rings is 2. The van der Waals surface area contributed by atoms with Crippen molar-refractivity contribution >= 4 is 34.6 Å². The fourth-order valence-electron chi connectivity index (χ4n) is 3.43. The Morgan fingerprint density at radius 2 is 1.76 bits per heavy atom. The largest absolute Gasteiger partial charge is 0.340 e. The van der Waals surface area contributed by atoms with Crippen LogP contribution in [0.5, 0.6) is 0 Å². The minimum Gasteiger partial charge on any atom is -0.340 e. The SMILES string of the molecule is CN1CCN(c2ccc(Cl)c(Cl)c2)c2ccc(-c3ccc(C(F)F)nn3)cc2C1. The highest BCUT2D eigenvalue weighted by atomic mass is 35.5. The molecule has 0 aliphatic carbocycles. The van der Waals surface area contributed by atoms with Crippen molar-refractivity contribution in [3.63, 3.8) is 0 Å². The second-order valence-corrected chi connectivity index (χ2v) is 7.79. The normalized spacial score (nSPS) is 14.8. The molecule has 0 radical (unpaired) electrons. The first-order chi connectivity index (χ1) is 13.9. The summed E-state index contributed by atoms with van der Waals surface area (Å²) in [7, 11) is 2.06. The number of rotatable bonds is 3. The van der Waals surface area contributed by atoms with Gasteiger partial charge in [-0.05, 0) is 55.1 Å². The van der Waals surface area contributed by atoms with E-state index in [0.717, 1.165) is 42.1 Å². The molecular formula is C21H18Cl2F2N4. The molecule has 0 bridgehead atoms. The highest BCUT2D eigenvalue weighted by Crippen LogP contribution is 2.36. The summed E-state index contributed by atoms with van der Waals surface area (Å²) in [6.45, 7) is 2.42. The van der Waals surface area contributed by atoms with E-state index in [4.69, 9.17) is 23.2 Å². The van der Waals surface area contributed by atoms with E-state index in [1.54, 1.807) is 12.1 Å². The molecular weight excluding hydrogens is 417 g/mol. The van der Waals surface area contributed by atoms with Crippen molar-refractivity contribution in [2.24, 2.45) is 0 Å². The molecule has 0 fully saturated rings. The van der Waals surface area contributed by atoms with E-state index >= 15 is 0 Å². The van der Waals surface area contributed by atoms with Crippen LogP contribution >= 0.6 is 23.2 Å². The van der Waals surface area contributed by atoms with Crippen molar-refractivity contribution in [3.05, 3.63) is 69.8 Å². The van der Waals surface area contributed by atoms with Crippen LogP contribution < -0.4 is 4.90 Å². The number of hydrogen-bond acceptors (Lipinski definition) is 4. The Bertz CT molecular complexity index is 1030. The Kier molecular flexibility index (Phi) is 5.67. The van der Waals surface area contributed by atoms with E-state index in [0.29, 0.717) is 15.7 Å². The van der Waals surface area contributed by atoms with Crippen molar-refractivity contribution < 1.29 is 8.78 Å². The van der Waals surface area contributed by atoms with Crippen LogP contribution in [0.1, 0.15) is 17.7 Å². The van der Waals surface area contributed by atoms with E-state index < -0.39 is 6.43 Å². The molecule has 0 amide bonds. The van der Waals surface area contributed by atoms with Crippen LogP contribution in [-0.4, -0.2) is 35.2 Å². The van der Waals surface area contributed by atoms with Crippen molar-refractivity contribution in [2.45, 2.75) is 13.0 Å². The maximum Gasteiger partial charge on any atom is 0.282 e. The number of likely N-dealkylation sites (N-methyl/N-ethyl adjacent to an activating group) is 1. The van der Waals surface area contributed by atoms with E-state index in [2.05, 4.69) is 27.0 Å². The summed E-state index contributed by atoms with van der Waals surface area (Å²) in [5, 5.41) is 8.63. The lowest BCUT2D eigenvalue weighted by atomic mass is 10.0. The van der Waals surface area contributed by atoms with Crippen LogP contribution in [-0.2, 0) is 6.54 Å². The third-order valence-electron chi connectivity index (χ3n) is 4.94. The van der Waals surface area contributed by atoms with E-state index in [-0.39, 0.29) is 5.69 Å². The second kappa shape index (κ2) is 8.22. The predicted molar refractivity (Wildman–Crippen MR) is 112 cm³/mol. The van der Waals surface area contributed by atoms with Gasteiger partial charge in [0.25, 0.3) is 6.43 Å². The first-order valence-electron chi connectivity index (χ1n) is 9.08. The zero-order valence-electron chi connectivity index (χ0n) is 15.6. The highest BCUT2D eigenvalue weighted by Gasteiger charge is 2.21. The predicted octanol–water partition coefficient (Wildman–Crippen LogP) is 5.97. The van der Waals surface area contributed by atoms with Crippen molar-refractivity contribution in [1.29, 1.82) is 0 Å². The Labute approximate surface area is 177 Å². The van der Waals surface area contributed by atoms with Gasteiger partial charge in [-0.15, -0.1) is 5.10 Å². The topological polar surface area (TPSA) is 32.3 Å². The fourth-order valence-corrected chi connectivity index (χ4v) is 3.72. The molecule has 0 N–H and O–H groups in total. The summed E-state index contributed by atoms with van der Waals surface area (Å²) in [6.07, 6.45) is -2.63. The summed E-state index contributed by atoms with van der Waals surface area (Å²) in [6, 6.07) is 14.5. The van der Waals surface area contributed by atoms with Crippen LogP contribution in [0.15, 0.2) is 48.5 Å². The van der Waals surface area contributed by atoms with Crippen LogP contribution in [0, 0.1) is 0 Å². The van der Waals surface area contributed by atoms with Gasteiger partial charge in [-0.2, -0.15) is 5.10 Å². The maximum absolute atomic E-state index is 12.7. The Hall–Kier alpha value is -2.28. The number of alkyl halides is 2. The van der Waals surface area contributed by atoms with E-state index in [1.165, 1.54) is 6.07 Å². The number of anilines is 2. The zero-order chi connectivity index (χ0) is 20.5. The summed E-state index contributed by atoms with van der Waals surface area (Å²) in [5.74, 6) is 0. The Morgan fingerprint density at radius 1 is 0.931 bits per heavy atom. The fraction of sp³-hybridized carbons (Fsp3) is 0.238. The van der Waals surface area contributed by atoms with Gasteiger partial charge >= 0.3 is 0 Å². The highest BCUT2D eigenvalue weighted by molar-refractivity contribution is 6.42. The van der Waals surface area contributed by atoms with Gasteiger partial charge in [0, 0.05) is 36.6 Å². The molecule has 4 nitrogen and oxygen atoms in total. The van der Waals surface area contributed by atoms with Crippen LogP contribution in [0.3, 0.4) is 0 Å². The molecule has 29 heavy (non-hydrogen) atoms. The van der Waals surface area contributed by atoms with Crippen molar-refractivity contribution in [1.82, 2.24) is 15.1 Å². The minimum absolute atomic E-state index is 0.325. The minimum atomic E-state index is -2.63. The van der Waals surface area contributed by atoms with Gasteiger partial charge in [-0.3, -0.25) is 0 Å². The van der Waals surface area contributed by atoms with Crippen molar-refractivity contribution in [2.75, 3.05) is 25.0 Å². The monoisotopic (exact) mass is 434 g/mol. The number of nitrogens with zero attached hydrogens (tertiary/aromatic N) is 4. The molecule has 0 unspecified atom stereocenters. The summed E-state index contributed by atoms with van der Waals surface area (Å²) >= 11 is 12.3. The maximum atomic E-state index is 12.7. The van der Waals surface area contributed by atoms with Crippen LogP contribution in [0.4, 0.5) is 20.2 Å². The quantitative estimate of drug-likeness (QED) is 0.507. The smallest absolute Gasteiger partial charge is 0.282 e. The molecule has 0 spiro atoms. The summed E-state index contributed by atoms with van der Waals surface area (Å²) < 4.78 is 25.5. The lowest BCUT2D eigenvalue weighted by molar-refractivity contribution is 0.145. The van der Waals surface area contributed by atoms with Crippen LogP contribution in [0.2, 0.25) is 10.0 Å². The van der Waals surface area contributed by atoms with Gasteiger partial charge in [0.1, 0.15) is 5.69 Å². The Morgan fingerprint density at radius 3 is 2.45 bits per heavy atom. The van der Waals surface area contributed by atoms with Gasteiger partial charge in [-0.25, -0.2) is 8.78 Å². The third kappa shape index (κ3) is 4.20. The molecule has 0 atom stereocenters. The molecule has 1 aromatic heterocycles. The lowest BCUT2D eigenvalue weighted by Crippen LogP contribution is -2.26. The second-order valence-electron chi connectivity index (χ2n) is 6.98. The van der Waals surface area contributed by atoms with Gasteiger partial charge in [-0.1, -0.05) is 29.3 Å². The number of aromatic nitrogens is 2. The Balaban J connectivity index is 1.73. The molecule has 0 saturated carbocycles. The average molecular weight is 435 g/mol. The van der Waals surface area contributed by atoms with E-state index in [9.17, 15) is 8.78 Å². The van der Waals surface area contributed by atoms with E-state index in [1.807, 2.05) is 30.3 Å². The number of hydrogen-bond donors (Lipinski definition) is 0. The molecule has 2 aromatic carbocycles. The standard InChI is InChI=1S/C21H18Cl2F2N4/c1-28-8-9-29(15-3-4-16(22)17(23)11-15)20-7-2-13(10-14(20)12-28)18-5-6-19(21(24)25)27-26-18/h2-7,10-11,21H,8-9,12H2,1H3. The molecule has 2 heterocycles. The van der Waals surface area contributed by atoms with Crippen LogP contribution in [0.25, 0.3) is 11.3 Å². The lowest BCUT2D eigenvalue weighted by Gasteiger charge is -2.25. The number of halogens is 4. The molecule has 0 saturated heterocycles. The van der Waals surface area contributed by atoms with Crippen molar-refractivity contribution in [3.8, 4) is 11.3 Å². The number of fused-ring (bicyclic) bond motifs is 1. The van der Waals surface area contributed by atoms with Gasteiger partial charge in [0.2, 0.25) is 0 Å². The summed E-state index contributed by atoms with van der Waals surface area (Å²) in [4.78, 5) is 4.43. The third-order valence-corrected chi connectivity index (χ3v) is 5.67. The van der Waals surface area contributed by atoms with Gasteiger partial charge in [0.15, 0.2) is 0 Å². The van der Waals surface area contributed by atoms with Gasteiger partial charge in [0.05, 0.1) is 15.7 Å². The van der Waals surface area contributed by atoms with Gasteiger partial charge < -0.3 is 9.80 Å². The first-order valence-corrected chi connectivity index (χ1v) is 9.84. The average Bonchev–Trinajstić information content (AvgIpc) is 2.87. The molecule has 1 aliphatic rings. The molecule has 3 aromatic rings. The molecule has 150 valence electrons. The first kappa shape index (κ1) is 20.0. The summed E-state index contributed by atoms with van der Waals surface area (Å²) in [5.41, 5.74) is 4.20.